The molecule has 0 bridgehead atoms. The lowest BCUT2D eigenvalue weighted by atomic mass is 10.1. The summed E-state index contributed by atoms with van der Waals surface area (Å²) in [4.78, 5) is 4.27. The summed E-state index contributed by atoms with van der Waals surface area (Å²) >= 11 is 1.86. The van der Waals surface area contributed by atoms with E-state index in [-0.39, 0.29) is 0 Å². The fourth-order valence-electron chi connectivity index (χ4n) is 1.93. The Balaban J connectivity index is 2.58. The Morgan fingerprint density at radius 2 is 1.93 bits per heavy atom. The maximum atomic E-state index is 4.27. The highest BCUT2D eigenvalue weighted by Gasteiger charge is 2.06. The summed E-state index contributed by atoms with van der Waals surface area (Å²) in [6.07, 6.45) is 3.91. The van der Waals surface area contributed by atoms with Crippen molar-refractivity contribution in [3.63, 3.8) is 0 Å². The van der Waals surface area contributed by atoms with Crippen LogP contribution in [0, 0.1) is 13.8 Å². The molecule has 0 amide bonds. The van der Waals surface area contributed by atoms with E-state index in [0.717, 1.165) is 0 Å². The van der Waals surface area contributed by atoms with E-state index in [1.807, 2.05) is 23.7 Å². The molecule has 15 heavy (non-hydrogen) atoms. The quantitative estimate of drug-likeness (QED) is 0.548. The van der Waals surface area contributed by atoms with Crippen LogP contribution in [0.1, 0.15) is 11.1 Å². The van der Waals surface area contributed by atoms with Crippen molar-refractivity contribution in [2.75, 3.05) is 0 Å². The van der Waals surface area contributed by atoms with Crippen LogP contribution in [-0.4, -0.2) is 4.98 Å². The van der Waals surface area contributed by atoms with Crippen molar-refractivity contribution in [3.8, 4) is 0 Å². The number of aromatic nitrogens is 1. The van der Waals surface area contributed by atoms with Crippen LogP contribution in [0.25, 0.3) is 20.2 Å². The van der Waals surface area contributed by atoms with E-state index in [4.69, 9.17) is 0 Å². The number of pyridine rings is 1. The van der Waals surface area contributed by atoms with Gasteiger partial charge >= 0.3 is 0 Å². The molecule has 0 aliphatic carbocycles. The molecule has 1 aromatic carbocycles. The molecule has 0 aliphatic heterocycles. The van der Waals surface area contributed by atoms with Crippen molar-refractivity contribution in [3.05, 3.63) is 41.7 Å². The summed E-state index contributed by atoms with van der Waals surface area (Å²) in [5.41, 5.74) is 2.58. The van der Waals surface area contributed by atoms with Crippen molar-refractivity contribution in [1.82, 2.24) is 4.98 Å². The van der Waals surface area contributed by atoms with Gasteiger partial charge in [-0.05, 0) is 31.5 Å². The van der Waals surface area contributed by atoms with Crippen molar-refractivity contribution in [1.29, 1.82) is 0 Å². The molecular weight excluding hydrogens is 202 g/mol. The Labute approximate surface area is 92.4 Å². The normalized spacial score (nSPS) is 11.3. The number of hydrogen-bond donors (Lipinski definition) is 0. The van der Waals surface area contributed by atoms with Crippen molar-refractivity contribution < 1.29 is 0 Å². The Morgan fingerprint density at radius 3 is 2.80 bits per heavy atom. The molecule has 0 saturated carbocycles. The van der Waals surface area contributed by atoms with Gasteiger partial charge in [0.05, 0.1) is 0 Å². The van der Waals surface area contributed by atoms with E-state index in [2.05, 4.69) is 37.0 Å². The van der Waals surface area contributed by atoms with Gasteiger partial charge in [-0.25, -0.2) is 0 Å². The molecule has 0 saturated heterocycles. The molecule has 0 spiro atoms. The zero-order valence-electron chi connectivity index (χ0n) is 8.74. The minimum absolute atomic E-state index is 1.27. The molecule has 2 heteroatoms. The second kappa shape index (κ2) is 3.04. The molecule has 3 aromatic rings. The number of aryl methyl sites for hydroxylation is 2. The van der Waals surface area contributed by atoms with Gasteiger partial charge in [-0.3, -0.25) is 4.98 Å². The third kappa shape index (κ3) is 1.25. The summed E-state index contributed by atoms with van der Waals surface area (Å²) in [5, 5.41) is 2.63. The zero-order valence-corrected chi connectivity index (χ0v) is 9.56. The van der Waals surface area contributed by atoms with Crippen LogP contribution < -0.4 is 0 Å². The van der Waals surface area contributed by atoms with Crippen LogP contribution in [0.3, 0.4) is 0 Å². The second-order valence-electron chi connectivity index (χ2n) is 3.93. The highest BCUT2D eigenvalue weighted by Crippen LogP contribution is 2.35. The largest absolute Gasteiger partial charge is 0.264 e. The Hall–Kier alpha value is -1.41. The van der Waals surface area contributed by atoms with Gasteiger partial charge in [0, 0.05) is 32.6 Å². The van der Waals surface area contributed by atoms with Crippen LogP contribution in [0.5, 0.6) is 0 Å². The van der Waals surface area contributed by atoms with Gasteiger partial charge in [-0.2, -0.15) is 0 Å². The highest BCUT2D eigenvalue weighted by molar-refractivity contribution is 7.26. The predicted octanol–water partition coefficient (Wildman–Crippen LogP) is 4.07. The monoisotopic (exact) mass is 213 g/mol. The first-order valence-corrected chi connectivity index (χ1v) is 5.81. The van der Waals surface area contributed by atoms with Crippen LogP contribution in [-0.2, 0) is 0 Å². The average Bonchev–Trinajstić information content (AvgIpc) is 2.58. The smallest absolute Gasteiger partial charge is 0.0415 e. The van der Waals surface area contributed by atoms with E-state index in [1.165, 1.54) is 31.3 Å². The lowest BCUT2D eigenvalue weighted by Gasteiger charge is -1.94. The fourth-order valence-corrected chi connectivity index (χ4v) is 3.06. The number of fused-ring (bicyclic) bond motifs is 3. The van der Waals surface area contributed by atoms with Gasteiger partial charge in [0.2, 0.25) is 0 Å². The van der Waals surface area contributed by atoms with E-state index in [0.29, 0.717) is 0 Å². The van der Waals surface area contributed by atoms with Crippen LogP contribution >= 0.6 is 11.3 Å². The SMILES string of the molecule is Cc1ccc2sc3c(C)cncc3c2c1. The first kappa shape index (κ1) is 8.86. The second-order valence-corrected chi connectivity index (χ2v) is 4.99. The average molecular weight is 213 g/mol. The summed E-state index contributed by atoms with van der Waals surface area (Å²) in [6.45, 7) is 4.25. The van der Waals surface area contributed by atoms with Crippen molar-refractivity contribution in [2.24, 2.45) is 0 Å². The standard InChI is InChI=1S/C13H11NS/c1-8-3-4-12-10(5-8)11-7-14-6-9(2)13(11)15-12/h3-7H,1-2H3. The van der Waals surface area contributed by atoms with E-state index in [1.54, 1.807) is 0 Å². The van der Waals surface area contributed by atoms with Gasteiger partial charge < -0.3 is 0 Å². The fraction of sp³-hybridized carbons (Fsp3) is 0.154. The maximum Gasteiger partial charge on any atom is 0.0415 e. The third-order valence-electron chi connectivity index (χ3n) is 2.71. The lowest BCUT2D eigenvalue weighted by Crippen LogP contribution is -1.76. The first-order valence-electron chi connectivity index (χ1n) is 4.99. The molecule has 3 rings (SSSR count). The summed E-state index contributed by atoms with van der Waals surface area (Å²) in [6, 6.07) is 6.62. The summed E-state index contributed by atoms with van der Waals surface area (Å²) in [5.74, 6) is 0. The van der Waals surface area contributed by atoms with Gasteiger partial charge in [-0.1, -0.05) is 11.6 Å². The molecule has 0 fully saturated rings. The van der Waals surface area contributed by atoms with Crippen LogP contribution in [0.4, 0.5) is 0 Å². The highest BCUT2D eigenvalue weighted by atomic mass is 32.1. The Kier molecular flexibility index (Phi) is 1.80. The topological polar surface area (TPSA) is 12.9 Å². The summed E-state index contributed by atoms with van der Waals surface area (Å²) in [7, 11) is 0. The van der Waals surface area contributed by atoms with E-state index < -0.39 is 0 Å². The Morgan fingerprint density at radius 1 is 1.07 bits per heavy atom. The van der Waals surface area contributed by atoms with E-state index >= 15 is 0 Å². The predicted molar refractivity (Wildman–Crippen MR) is 66.6 cm³/mol. The minimum Gasteiger partial charge on any atom is -0.264 e. The molecule has 0 atom stereocenters. The summed E-state index contributed by atoms with van der Waals surface area (Å²) < 4.78 is 2.72. The number of nitrogens with zero attached hydrogens (tertiary/aromatic N) is 1. The molecule has 1 nitrogen and oxygen atoms in total. The van der Waals surface area contributed by atoms with Crippen molar-refractivity contribution in [2.45, 2.75) is 13.8 Å². The van der Waals surface area contributed by atoms with Gasteiger partial charge in [0.1, 0.15) is 0 Å². The molecule has 0 unspecified atom stereocenters. The number of thiophene rings is 1. The maximum absolute atomic E-state index is 4.27. The molecular formula is C13H11NS. The van der Waals surface area contributed by atoms with Gasteiger partial charge in [-0.15, -0.1) is 11.3 Å². The Bertz CT molecular complexity index is 652. The number of rotatable bonds is 0. The third-order valence-corrected chi connectivity index (χ3v) is 4.03. The van der Waals surface area contributed by atoms with Gasteiger partial charge in [0.15, 0.2) is 0 Å². The van der Waals surface area contributed by atoms with Crippen molar-refractivity contribution >= 4 is 31.5 Å². The van der Waals surface area contributed by atoms with Crippen LogP contribution in [0.15, 0.2) is 30.6 Å². The lowest BCUT2D eigenvalue weighted by molar-refractivity contribution is 1.32. The number of benzene rings is 1. The molecule has 74 valence electrons. The molecule has 2 aromatic heterocycles. The van der Waals surface area contributed by atoms with E-state index in [9.17, 15) is 0 Å². The van der Waals surface area contributed by atoms with Gasteiger partial charge in [0.25, 0.3) is 0 Å². The molecule has 0 N–H and O–H groups in total. The zero-order chi connectivity index (χ0) is 10.4. The molecule has 0 radical (unpaired) electrons. The number of hydrogen-bond acceptors (Lipinski definition) is 2. The molecule has 2 heterocycles. The minimum atomic E-state index is 1.27. The van der Waals surface area contributed by atoms with Crippen LogP contribution in [0.2, 0.25) is 0 Å². The molecule has 0 aliphatic rings. The first-order chi connectivity index (χ1) is 7.25.